The fourth-order valence-corrected chi connectivity index (χ4v) is 3.25. The molecule has 1 aromatic carbocycles. The Hall–Kier alpha value is -1.89. The van der Waals surface area contributed by atoms with E-state index in [9.17, 15) is 13.6 Å². The zero-order valence-electron chi connectivity index (χ0n) is 13.4. The average Bonchev–Trinajstić information content (AvgIpc) is 3.10. The molecule has 2 saturated heterocycles. The van der Waals surface area contributed by atoms with E-state index >= 15 is 0 Å². The summed E-state index contributed by atoms with van der Waals surface area (Å²) in [6.07, 6.45) is 3.30. The molecule has 0 spiro atoms. The zero-order chi connectivity index (χ0) is 16.9. The summed E-state index contributed by atoms with van der Waals surface area (Å²) >= 11 is 0. The molecule has 1 N–H and O–H groups in total. The van der Waals surface area contributed by atoms with Crippen LogP contribution in [-0.4, -0.2) is 44.4 Å². The molecule has 24 heavy (non-hydrogen) atoms. The molecule has 1 aromatic rings. The van der Waals surface area contributed by atoms with Gasteiger partial charge in [-0.1, -0.05) is 0 Å². The Balaban J connectivity index is 1.55. The number of carbonyl (C=O) groups is 1. The number of rotatable bonds is 5. The van der Waals surface area contributed by atoms with Crippen molar-refractivity contribution in [2.75, 3.05) is 24.6 Å². The molecule has 0 saturated carbocycles. The number of amides is 1. The molecule has 2 aliphatic heterocycles. The smallest absolute Gasteiger partial charge is 0.387 e. The maximum atomic E-state index is 12.2. The van der Waals surface area contributed by atoms with Crippen LogP contribution in [0, 0.1) is 0 Å². The van der Waals surface area contributed by atoms with Crippen LogP contribution in [-0.2, 0) is 9.53 Å². The van der Waals surface area contributed by atoms with E-state index in [1.54, 1.807) is 12.1 Å². The fraction of sp³-hybridized carbons (Fsp3) is 0.588. The molecule has 0 unspecified atom stereocenters. The second kappa shape index (κ2) is 7.79. The Labute approximate surface area is 139 Å². The third-order valence-corrected chi connectivity index (χ3v) is 4.42. The Bertz CT molecular complexity index is 547. The van der Waals surface area contributed by atoms with Gasteiger partial charge >= 0.3 is 6.61 Å². The minimum Gasteiger partial charge on any atom is -0.435 e. The van der Waals surface area contributed by atoms with Crippen LogP contribution in [0.4, 0.5) is 14.5 Å². The fourth-order valence-electron chi connectivity index (χ4n) is 3.25. The highest BCUT2D eigenvalue weighted by Gasteiger charge is 2.27. The average molecular weight is 340 g/mol. The standard InChI is InChI=1S/C17H22F2N2O3/c18-17(19)24-14-7-5-13(6-8-14)21-9-1-3-12(11-21)20-16(22)15-4-2-10-23-15/h5-8,12,15,17H,1-4,9-11H2,(H,20,22)/t12-,15+/m1/s1. The summed E-state index contributed by atoms with van der Waals surface area (Å²) in [5, 5.41) is 3.07. The number of ether oxygens (including phenoxy) is 2. The molecule has 2 aliphatic rings. The summed E-state index contributed by atoms with van der Waals surface area (Å²) in [6, 6.07) is 6.68. The van der Waals surface area contributed by atoms with Crippen molar-refractivity contribution in [3.05, 3.63) is 24.3 Å². The number of nitrogens with one attached hydrogen (secondary N) is 1. The molecule has 2 atom stereocenters. The maximum Gasteiger partial charge on any atom is 0.387 e. The number of alkyl halides is 2. The van der Waals surface area contributed by atoms with Crippen molar-refractivity contribution < 1.29 is 23.0 Å². The van der Waals surface area contributed by atoms with E-state index in [1.165, 1.54) is 12.1 Å². The van der Waals surface area contributed by atoms with Crippen molar-refractivity contribution in [1.29, 1.82) is 0 Å². The number of anilines is 1. The molecule has 1 amide bonds. The molecule has 3 rings (SSSR count). The Morgan fingerprint density at radius 1 is 1.25 bits per heavy atom. The molecule has 132 valence electrons. The van der Waals surface area contributed by atoms with Gasteiger partial charge in [0.15, 0.2) is 0 Å². The number of hydrogen-bond acceptors (Lipinski definition) is 4. The van der Waals surface area contributed by atoms with E-state index < -0.39 is 6.61 Å². The molecule has 2 fully saturated rings. The first kappa shape index (κ1) is 17.0. The summed E-state index contributed by atoms with van der Waals surface area (Å²) in [7, 11) is 0. The Morgan fingerprint density at radius 2 is 2.04 bits per heavy atom. The van der Waals surface area contributed by atoms with Gasteiger partial charge in [0, 0.05) is 31.4 Å². The Kier molecular flexibility index (Phi) is 5.50. The molecular weight excluding hydrogens is 318 g/mol. The van der Waals surface area contributed by atoms with Crippen LogP contribution in [0.3, 0.4) is 0 Å². The molecule has 0 bridgehead atoms. The van der Waals surface area contributed by atoms with Gasteiger partial charge in [-0.2, -0.15) is 8.78 Å². The number of hydrogen-bond donors (Lipinski definition) is 1. The lowest BCUT2D eigenvalue weighted by Crippen LogP contribution is -2.50. The van der Waals surface area contributed by atoms with Gasteiger partial charge in [0.2, 0.25) is 5.91 Å². The van der Waals surface area contributed by atoms with Gasteiger partial charge in [0.05, 0.1) is 0 Å². The molecule has 5 nitrogen and oxygen atoms in total. The lowest BCUT2D eigenvalue weighted by Gasteiger charge is -2.35. The van der Waals surface area contributed by atoms with Gasteiger partial charge in [-0.3, -0.25) is 4.79 Å². The first-order chi connectivity index (χ1) is 11.6. The van der Waals surface area contributed by atoms with Crippen LogP contribution in [0.1, 0.15) is 25.7 Å². The first-order valence-corrected chi connectivity index (χ1v) is 8.33. The predicted molar refractivity (Wildman–Crippen MR) is 85.4 cm³/mol. The van der Waals surface area contributed by atoms with Crippen molar-refractivity contribution in [2.24, 2.45) is 0 Å². The number of piperidine rings is 1. The normalized spacial score (nSPS) is 24.2. The van der Waals surface area contributed by atoms with Crippen LogP contribution in [0.5, 0.6) is 5.75 Å². The second-order valence-electron chi connectivity index (χ2n) is 6.17. The number of nitrogens with zero attached hydrogens (tertiary/aromatic N) is 1. The third kappa shape index (κ3) is 4.35. The van der Waals surface area contributed by atoms with Gasteiger partial charge in [0.1, 0.15) is 11.9 Å². The van der Waals surface area contributed by atoms with Crippen LogP contribution >= 0.6 is 0 Å². The molecule has 7 heteroatoms. The van der Waals surface area contributed by atoms with Gasteiger partial charge in [-0.05, 0) is 49.9 Å². The summed E-state index contributed by atoms with van der Waals surface area (Å²) in [5.41, 5.74) is 0.938. The summed E-state index contributed by atoms with van der Waals surface area (Å²) < 4.78 is 34.2. The van der Waals surface area contributed by atoms with Crippen molar-refractivity contribution >= 4 is 11.6 Å². The van der Waals surface area contributed by atoms with Gasteiger partial charge in [0.25, 0.3) is 0 Å². The van der Waals surface area contributed by atoms with Crippen molar-refractivity contribution in [2.45, 2.75) is 44.4 Å². The van der Waals surface area contributed by atoms with Crippen LogP contribution in [0.2, 0.25) is 0 Å². The van der Waals surface area contributed by atoms with Crippen molar-refractivity contribution in [3.8, 4) is 5.75 Å². The maximum absolute atomic E-state index is 12.2. The summed E-state index contributed by atoms with van der Waals surface area (Å²) in [6.45, 7) is -0.584. The molecular formula is C17H22F2N2O3. The SMILES string of the molecule is O=C(N[C@@H]1CCCN(c2ccc(OC(F)F)cc2)C1)[C@@H]1CCCO1. The first-order valence-electron chi connectivity index (χ1n) is 8.33. The minimum absolute atomic E-state index is 0.0277. The second-order valence-corrected chi connectivity index (χ2v) is 6.17. The summed E-state index contributed by atoms with van der Waals surface area (Å²) in [4.78, 5) is 14.3. The zero-order valence-corrected chi connectivity index (χ0v) is 13.4. The number of benzene rings is 1. The highest BCUT2D eigenvalue weighted by Crippen LogP contribution is 2.24. The molecule has 0 aliphatic carbocycles. The van der Waals surface area contributed by atoms with Gasteiger partial charge in [-0.25, -0.2) is 0 Å². The van der Waals surface area contributed by atoms with Crippen LogP contribution in [0.25, 0.3) is 0 Å². The van der Waals surface area contributed by atoms with E-state index in [1.807, 2.05) is 0 Å². The molecule has 0 aromatic heterocycles. The van der Waals surface area contributed by atoms with Gasteiger partial charge in [-0.15, -0.1) is 0 Å². The van der Waals surface area contributed by atoms with Crippen LogP contribution < -0.4 is 15.0 Å². The predicted octanol–water partition coefficient (Wildman–Crippen LogP) is 2.55. The highest BCUT2D eigenvalue weighted by molar-refractivity contribution is 5.81. The summed E-state index contributed by atoms with van der Waals surface area (Å²) in [5.74, 6) is 0.119. The minimum atomic E-state index is -2.82. The largest absolute Gasteiger partial charge is 0.435 e. The molecule has 0 radical (unpaired) electrons. The van der Waals surface area contributed by atoms with Crippen molar-refractivity contribution in [3.63, 3.8) is 0 Å². The van der Waals surface area contributed by atoms with E-state index in [0.29, 0.717) is 13.2 Å². The lowest BCUT2D eigenvalue weighted by atomic mass is 10.0. The van der Waals surface area contributed by atoms with Gasteiger partial charge < -0.3 is 19.7 Å². The monoisotopic (exact) mass is 340 g/mol. The lowest BCUT2D eigenvalue weighted by molar-refractivity contribution is -0.130. The van der Waals surface area contributed by atoms with E-state index in [4.69, 9.17) is 4.74 Å². The van der Waals surface area contributed by atoms with E-state index in [2.05, 4.69) is 15.0 Å². The Morgan fingerprint density at radius 3 is 2.71 bits per heavy atom. The van der Waals surface area contributed by atoms with E-state index in [0.717, 1.165) is 37.9 Å². The topological polar surface area (TPSA) is 50.8 Å². The molecule has 2 heterocycles. The number of carbonyl (C=O) groups excluding carboxylic acids is 1. The van der Waals surface area contributed by atoms with E-state index in [-0.39, 0.29) is 23.8 Å². The highest BCUT2D eigenvalue weighted by atomic mass is 19.3. The third-order valence-electron chi connectivity index (χ3n) is 4.42. The van der Waals surface area contributed by atoms with Crippen molar-refractivity contribution in [1.82, 2.24) is 5.32 Å². The van der Waals surface area contributed by atoms with Crippen LogP contribution in [0.15, 0.2) is 24.3 Å². The number of halogens is 2. The quantitative estimate of drug-likeness (QED) is 0.895.